The summed E-state index contributed by atoms with van der Waals surface area (Å²) in [6.45, 7) is 1.77. The Labute approximate surface area is 199 Å². The minimum Gasteiger partial charge on any atom is -0.495 e. The molecule has 0 aliphatic heterocycles. The minimum atomic E-state index is -0.537. The van der Waals surface area contributed by atoms with Crippen molar-refractivity contribution in [1.29, 1.82) is 0 Å². The van der Waals surface area contributed by atoms with Crippen molar-refractivity contribution in [2.75, 3.05) is 19.5 Å². The predicted octanol–water partition coefficient (Wildman–Crippen LogP) is 5.07. The van der Waals surface area contributed by atoms with Crippen LogP contribution in [0.1, 0.15) is 6.92 Å². The fourth-order valence-corrected chi connectivity index (χ4v) is 4.42. The van der Waals surface area contributed by atoms with E-state index in [0.717, 1.165) is 0 Å². The summed E-state index contributed by atoms with van der Waals surface area (Å²) in [5.74, 6) is 0.925. The Hall–Kier alpha value is -4.05. The van der Waals surface area contributed by atoms with Crippen LogP contribution in [0.4, 0.5) is 11.4 Å². The average molecular weight is 479 g/mol. The van der Waals surface area contributed by atoms with E-state index in [0.29, 0.717) is 39.1 Å². The Kier molecular flexibility index (Phi) is 6.69. The first kappa shape index (κ1) is 23.1. The molecule has 0 saturated heterocycles. The Morgan fingerprint density at radius 1 is 1.06 bits per heavy atom. The third kappa shape index (κ3) is 4.53. The van der Waals surface area contributed by atoms with E-state index < -0.39 is 10.2 Å². The number of methoxy groups -OCH3 is 2. The molecule has 9 nitrogen and oxygen atoms in total. The van der Waals surface area contributed by atoms with Gasteiger partial charge in [0.05, 0.1) is 46.8 Å². The topological polar surface area (TPSA) is 109 Å². The molecular formula is C24H22N4O5S. The number of benzene rings is 3. The molecule has 1 amide bonds. The molecule has 1 heterocycles. The van der Waals surface area contributed by atoms with Gasteiger partial charge in [0.25, 0.3) is 5.69 Å². The number of thioether (sulfide) groups is 1. The van der Waals surface area contributed by atoms with E-state index >= 15 is 0 Å². The standard InChI is InChI=1S/C24H22N4O5S/c1-15(23(29)25-17-8-4-6-10-21(17)32-2)34-24-26-18-14-16(28(30)31)12-13-19(18)27(24)20-9-5-7-11-22(20)33-3/h4-15H,1-3H3,(H,25,29). The number of carbonyl (C=O) groups excluding carboxylic acids is 1. The number of carbonyl (C=O) groups is 1. The van der Waals surface area contributed by atoms with Gasteiger partial charge in [-0.3, -0.25) is 19.5 Å². The molecule has 1 atom stereocenters. The van der Waals surface area contributed by atoms with Crippen molar-refractivity contribution in [3.8, 4) is 17.2 Å². The van der Waals surface area contributed by atoms with Crippen LogP contribution in [0.15, 0.2) is 71.9 Å². The number of amides is 1. The first-order valence-corrected chi connectivity index (χ1v) is 11.2. The molecule has 0 bridgehead atoms. The van der Waals surface area contributed by atoms with Crippen LogP contribution >= 0.6 is 11.8 Å². The Morgan fingerprint density at radius 2 is 1.74 bits per heavy atom. The molecular weight excluding hydrogens is 456 g/mol. The third-order valence-electron chi connectivity index (χ3n) is 5.16. The van der Waals surface area contributed by atoms with Gasteiger partial charge in [-0.05, 0) is 37.3 Å². The number of nitrogens with zero attached hydrogens (tertiary/aromatic N) is 3. The van der Waals surface area contributed by atoms with Crippen LogP contribution in [-0.4, -0.2) is 39.9 Å². The van der Waals surface area contributed by atoms with Crippen LogP contribution < -0.4 is 14.8 Å². The van der Waals surface area contributed by atoms with Crippen molar-refractivity contribution in [3.63, 3.8) is 0 Å². The van der Waals surface area contributed by atoms with E-state index in [2.05, 4.69) is 10.3 Å². The summed E-state index contributed by atoms with van der Waals surface area (Å²) in [6, 6.07) is 19.1. The molecule has 1 aromatic heterocycles. The lowest BCUT2D eigenvalue weighted by Gasteiger charge is -2.16. The normalized spacial score (nSPS) is 11.7. The maximum atomic E-state index is 13.0. The van der Waals surface area contributed by atoms with E-state index in [1.54, 1.807) is 32.2 Å². The lowest BCUT2D eigenvalue weighted by molar-refractivity contribution is -0.384. The number of non-ortho nitro benzene ring substituents is 1. The van der Waals surface area contributed by atoms with E-state index in [1.807, 2.05) is 41.0 Å². The summed E-state index contributed by atoms with van der Waals surface area (Å²) in [7, 11) is 3.11. The molecule has 0 aliphatic carbocycles. The number of para-hydroxylation sites is 4. The Morgan fingerprint density at radius 3 is 2.44 bits per heavy atom. The zero-order valence-corrected chi connectivity index (χ0v) is 19.5. The molecule has 3 aromatic carbocycles. The van der Waals surface area contributed by atoms with Gasteiger partial charge in [-0.25, -0.2) is 4.98 Å². The highest BCUT2D eigenvalue weighted by molar-refractivity contribution is 8.00. The second kappa shape index (κ2) is 9.84. The van der Waals surface area contributed by atoms with E-state index in [9.17, 15) is 14.9 Å². The van der Waals surface area contributed by atoms with Crippen LogP contribution in [0.3, 0.4) is 0 Å². The van der Waals surface area contributed by atoms with Gasteiger partial charge in [-0.1, -0.05) is 36.0 Å². The fourth-order valence-electron chi connectivity index (χ4n) is 3.48. The number of aromatic nitrogens is 2. The zero-order chi connectivity index (χ0) is 24.2. The van der Waals surface area contributed by atoms with E-state index in [-0.39, 0.29) is 11.6 Å². The van der Waals surface area contributed by atoms with Crippen LogP contribution in [0.5, 0.6) is 11.5 Å². The molecule has 0 aliphatic rings. The second-order valence-corrected chi connectivity index (χ2v) is 8.59. The molecule has 174 valence electrons. The molecule has 1 N–H and O–H groups in total. The highest BCUT2D eigenvalue weighted by atomic mass is 32.2. The van der Waals surface area contributed by atoms with Gasteiger partial charge in [-0.15, -0.1) is 0 Å². The van der Waals surface area contributed by atoms with Crippen molar-refractivity contribution >= 4 is 40.1 Å². The molecule has 10 heteroatoms. The maximum Gasteiger partial charge on any atom is 0.271 e. The quantitative estimate of drug-likeness (QED) is 0.214. The first-order valence-electron chi connectivity index (χ1n) is 10.3. The van der Waals surface area contributed by atoms with Crippen molar-refractivity contribution in [2.24, 2.45) is 0 Å². The number of fused-ring (bicyclic) bond motifs is 1. The number of nitro benzene ring substituents is 1. The largest absolute Gasteiger partial charge is 0.495 e. The maximum absolute atomic E-state index is 13.0. The second-order valence-electron chi connectivity index (χ2n) is 7.28. The van der Waals surface area contributed by atoms with Crippen LogP contribution in [-0.2, 0) is 4.79 Å². The SMILES string of the molecule is COc1ccccc1NC(=O)C(C)Sc1nc2cc([N+](=O)[O-])ccc2n1-c1ccccc1OC. The summed E-state index contributed by atoms with van der Waals surface area (Å²) in [4.78, 5) is 28.4. The summed E-state index contributed by atoms with van der Waals surface area (Å²) in [6.07, 6.45) is 0. The number of nitro groups is 1. The van der Waals surface area contributed by atoms with Crippen molar-refractivity contribution in [1.82, 2.24) is 9.55 Å². The van der Waals surface area contributed by atoms with Gasteiger partial charge in [-0.2, -0.15) is 0 Å². The highest BCUT2D eigenvalue weighted by Gasteiger charge is 2.23. The average Bonchev–Trinajstić information content (AvgIpc) is 3.20. The molecule has 34 heavy (non-hydrogen) atoms. The van der Waals surface area contributed by atoms with Gasteiger partial charge in [0.1, 0.15) is 11.5 Å². The number of imidazole rings is 1. The van der Waals surface area contributed by atoms with Crippen LogP contribution in [0, 0.1) is 10.1 Å². The van der Waals surface area contributed by atoms with Crippen molar-refractivity contribution in [2.45, 2.75) is 17.3 Å². The summed E-state index contributed by atoms with van der Waals surface area (Å²) in [5, 5.41) is 14.1. The number of hydrogen-bond donors (Lipinski definition) is 1. The Balaban J connectivity index is 1.73. The van der Waals surface area contributed by atoms with Gasteiger partial charge >= 0.3 is 0 Å². The highest BCUT2D eigenvalue weighted by Crippen LogP contribution is 2.35. The summed E-state index contributed by atoms with van der Waals surface area (Å²) >= 11 is 1.24. The molecule has 4 rings (SSSR count). The van der Waals surface area contributed by atoms with Gasteiger partial charge in [0.2, 0.25) is 5.91 Å². The summed E-state index contributed by atoms with van der Waals surface area (Å²) in [5.41, 5.74) is 2.32. The van der Waals surface area contributed by atoms with Crippen molar-refractivity contribution < 1.29 is 19.2 Å². The van der Waals surface area contributed by atoms with E-state index in [1.165, 1.54) is 31.0 Å². The number of nitrogens with one attached hydrogen (secondary N) is 1. The number of anilines is 1. The molecule has 0 radical (unpaired) electrons. The molecule has 0 saturated carbocycles. The summed E-state index contributed by atoms with van der Waals surface area (Å²) < 4.78 is 12.7. The number of rotatable bonds is 8. The van der Waals surface area contributed by atoms with Crippen LogP contribution in [0.2, 0.25) is 0 Å². The smallest absolute Gasteiger partial charge is 0.271 e. The van der Waals surface area contributed by atoms with Crippen molar-refractivity contribution in [3.05, 3.63) is 76.8 Å². The minimum absolute atomic E-state index is 0.0595. The lowest BCUT2D eigenvalue weighted by Crippen LogP contribution is -2.23. The fraction of sp³-hybridized carbons (Fsp3) is 0.167. The molecule has 4 aromatic rings. The van der Waals surface area contributed by atoms with Gasteiger partial charge in [0.15, 0.2) is 5.16 Å². The van der Waals surface area contributed by atoms with E-state index in [4.69, 9.17) is 9.47 Å². The molecule has 0 fully saturated rings. The van der Waals surface area contributed by atoms with Gasteiger partial charge in [0, 0.05) is 12.1 Å². The third-order valence-corrected chi connectivity index (χ3v) is 6.21. The first-order chi connectivity index (χ1) is 16.4. The lowest BCUT2D eigenvalue weighted by atomic mass is 10.2. The molecule has 1 unspecified atom stereocenters. The van der Waals surface area contributed by atoms with Crippen LogP contribution in [0.25, 0.3) is 16.7 Å². The zero-order valence-electron chi connectivity index (χ0n) is 18.7. The predicted molar refractivity (Wildman–Crippen MR) is 131 cm³/mol. The molecule has 0 spiro atoms. The Bertz CT molecular complexity index is 1370. The monoisotopic (exact) mass is 478 g/mol. The number of ether oxygens (including phenoxy) is 2. The van der Waals surface area contributed by atoms with Gasteiger partial charge < -0.3 is 14.8 Å². The number of hydrogen-bond acceptors (Lipinski definition) is 7.